The summed E-state index contributed by atoms with van der Waals surface area (Å²) >= 11 is 0. The maximum absolute atomic E-state index is 13.8. The van der Waals surface area contributed by atoms with Gasteiger partial charge in [-0.3, -0.25) is 4.79 Å². The molecule has 0 spiro atoms. The minimum absolute atomic E-state index is 0.0496. The fourth-order valence-electron chi connectivity index (χ4n) is 3.29. The maximum Gasteiger partial charge on any atom is 0.201 e. The Hall–Kier alpha value is -4.37. The lowest BCUT2D eigenvalue weighted by Crippen LogP contribution is -2.08. The van der Waals surface area contributed by atoms with E-state index >= 15 is 0 Å². The van der Waals surface area contributed by atoms with E-state index < -0.39 is 11.2 Å². The van der Waals surface area contributed by atoms with Crippen molar-refractivity contribution in [3.8, 4) is 28.7 Å². The van der Waals surface area contributed by atoms with E-state index in [2.05, 4.69) is 0 Å². The largest absolute Gasteiger partial charge is 0.504 e. The second-order valence-electron chi connectivity index (χ2n) is 6.73. The van der Waals surface area contributed by atoms with E-state index in [9.17, 15) is 14.3 Å². The molecule has 0 amide bonds. The lowest BCUT2D eigenvalue weighted by molar-refractivity contribution is 0.373. The molecule has 3 aromatic carbocycles. The van der Waals surface area contributed by atoms with Gasteiger partial charge in [-0.1, -0.05) is 24.3 Å². The molecule has 0 radical (unpaired) electrons. The number of phenolic OH excluding ortho intramolecular Hbond substituents is 1. The number of methoxy groups -OCH3 is 1. The first-order chi connectivity index (χ1) is 15.0. The molecule has 1 aromatic heterocycles. The highest BCUT2D eigenvalue weighted by Crippen LogP contribution is 2.32. The van der Waals surface area contributed by atoms with E-state index in [4.69, 9.17) is 14.4 Å². The quantitative estimate of drug-likeness (QED) is 0.487. The Bertz CT molecular complexity index is 1410. The fourth-order valence-corrected chi connectivity index (χ4v) is 3.29. The van der Waals surface area contributed by atoms with Crippen molar-refractivity contribution < 1.29 is 18.7 Å². The molecule has 0 aliphatic rings. The van der Waals surface area contributed by atoms with E-state index in [1.807, 2.05) is 6.07 Å². The molecule has 0 atom stereocenters. The summed E-state index contributed by atoms with van der Waals surface area (Å²) in [6.45, 7) is 0. The van der Waals surface area contributed by atoms with Crippen molar-refractivity contribution in [2.75, 3.05) is 7.11 Å². The third-order valence-electron chi connectivity index (χ3n) is 4.85. The summed E-state index contributed by atoms with van der Waals surface area (Å²) in [5.74, 6) is -0.0532. The van der Waals surface area contributed by atoms with Crippen molar-refractivity contribution in [1.82, 2.24) is 0 Å². The van der Waals surface area contributed by atoms with Gasteiger partial charge in [0.2, 0.25) is 5.43 Å². The Kier molecular flexibility index (Phi) is 5.25. The van der Waals surface area contributed by atoms with Gasteiger partial charge in [0, 0.05) is 5.56 Å². The summed E-state index contributed by atoms with van der Waals surface area (Å²) in [6, 6.07) is 17.3. The number of fused-ring (bicyclic) bond motifs is 1. The van der Waals surface area contributed by atoms with Crippen molar-refractivity contribution in [1.29, 1.82) is 5.26 Å². The van der Waals surface area contributed by atoms with Gasteiger partial charge in [0.1, 0.15) is 17.2 Å². The Labute approximate surface area is 176 Å². The molecule has 4 rings (SSSR count). The number of nitrogens with zero attached hydrogens (tertiary/aromatic N) is 1. The van der Waals surface area contributed by atoms with Crippen molar-refractivity contribution in [2.24, 2.45) is 0 Å². The van der Waals surface area contributed by atoms with Crippen molar-refractivity contribution in [2.45, 2.75) is 0 Å². The predicted octanol–water partition coefficient (Wildman–Crippen LogP) is 5.36. The molecule has 0 unspecified atom stereocenters. The number of benzene rings is 3. The van der Waals surface area contributed by atoms with Crippen LogP contribution in [0.4, 0.5) is 4.39 Å². The standard InChI is InChI=1S/C25H16FNO4/c1-30-22-4-2-3-17(24(22)28)9-11-21-23(16-7-5-15(14-27)6-8-16)25(29)19-13-18(26)10-12-20(19)31-21/h2-13,28H,1H3/b11-9+. The highest BCUT2D eigenvalue weighted by atomic mass is 19.1. The van der Waals surface area contributed by atoms with Gasteiger partial charge in [0.15, 0.2) is 11.5 Å². The van der Waals surface area contributed by atoms with Crippen LogP contribution in [0.2, 0.25) is 0 Å². The summed E-state index contributed by atoms with van der Waals surface area (Å²) in [5, 5.41) is 19.5. The molecule has 0 aliphatic carbocycles. The van der Waals surface area contributed by atoms with E-state index in [0.717, 1.165) is 6.07 Å². The Balaban J connectivity index is 1.94. The van der Waals surface area contributed by atoms with Crippen LogP contribution in [0, 0.1) is 17.1 Å². The zero-order valence-corrected chi connectivity index (χ0v) is 16.4. The van der Waals surface area contributed by atoms with Crippen LogP contribution in [0.3, 0.4) is 0 Å². The van der Waals surface area contributed by atoms with Gasteiger partial charge in [-0.15, -0.1) is 0 Å². The maximum atomic E-state index is 13.8. The Morgan fingerprint density at radius 3 is 2.58 bits per heavy atom. The van der Waals surface area contributed by atoms with Crippen molar-refractivity contribution in [3.05, 3.63) is 93.6 Å². The van der Waals surface area contributed by atoms with Gasteiger partial charge >= 0.3 is 0 Å². The van der Waals surface area contributed by atoms with Crippen LogP contribution in [0.25, 0.3) is 34.2 Å². The number of phenols is 1. The molecular formula is C25H16FNO4. The van der Waals surface area contributed by atoms with E-state index in [0.29, 0.717) is 22.4 Å². The van der Waals surface area contributed by atoms with E-state index in [-0.39, 0.29) is 28.0 Å². The first-order valence-electron chi connectivity index (χ1n) is 9.33. The SMILES string of the molecule is COc1cccc(/C=C/c2oc3ccc(F)cc3c(=O)c2-c2ccc(C#N)cc2)c1O. The molecule has 4 aromatic rings. The first-order valence-corrected chi connectivity index (χ1v) is 9.33. The zero-order chi connectivity index (χ0) is 22.0. The second-order valence-corrected chi connectivity index (χ2v) is 6.73. The summed E-state index contributed by atoms with van der Waals surface area (Å²) in [7, 11) is 1.45. The third-order valence-corrected chi connectivity index (χ3v) is 4.85. The average Bonchev–Trinajstić information content (AvgIpc) is 2.79. The van der Waals surface area contributed by atoms with Gasteiger partial charge in [0.25, 0.3) is 0 Å². The second kappa shape index (κ2) is 8.17. The molecule has 31 heavy (non-hydrogen) atoms. The highest BCUT2D eigenvalue weighted by molar-refractivity contribution is 5.87. The summed E-state index contributed by atoms with van der Waals surface area (Å²) < 4.78 is 24.8. The smallest absolute Gasteiger partial charge is 0.201 e. The topological polar surface area (TPSA) is 83.5 Å². The molecule has 152 valence electrons. The molecule has 0 saturated heterocycles. The monoisotopic (exact) mass is 413 g/mol. The number of rotatable bonds is 4. The number of ether oxygens (including phenoxy) is 1. The fraction of sp³-hybridized carbons (Fsp3) is 0.0400. The number of hydrogen-bond donors (Lipinski definition) is 1. The van der Waals surface area contributed by atoms with Crippen molar-refractivity contribution >= 4 is 23.1 Å². The number of para-hydroxylation sites is 1. The zero-order valence-electron chi connectivity index (χ0n) is 16.4. The van der Waals surface area contributed by atoms with Gasteiger partial charge in [-0.2, -0.15) is 5.26 Å². The van der Waals surface area contributed by atoms with E-state index in [1.54, 1.807) is 54.6 Å². The molecule has 0 bridgehead atoms. The van der Waals surface area contributed by atoms with Crippen LogP contribution in [0.15, 0.2) is 69.9 Å². The Morgan fingerprint density at radius 2 is 1.87 bits per heavy atom. The third kappa shape index (κ3) is 3.77. The molecule has 0 fully saturated rings. The van der Waals surface area contributed by atoms with Gasteiger partial charge in [0.05, 0.1) is 29.7 Å². The van der Waals surface area contributed by atoms with E-state index in [1.165, 1.54) is 19.2 Å². The number of aromatic hydroxyl groups is 1. The lowest BCUT2D eigenvalue weighted by atomic mass is 10.00. The predicted molar refractivity (Wildman–Crippen MR) is 116 cm³/mol. The summed E-state index contributed by atoms with van der Waals surface area (Å²) in [5.41, 5.74) is 1.48. The van der Waals surface area contributed by atoms with Gasteiger partial charge < -0.3 is 14.3 Å². The van der Waals surface area contributed by atoms with Crippen LogP contribution < -0.4 is 10.2 Å². The number of nitriles is 1. The van der Waals surface area contributed by atoms with Gasteiger partial charge in [-0.05, 0) is 54.1 Å². The normalized spacial score (nSPS) is 11.0. The number of hydrogen-bond acceptors (Lipinski definition) is 5. The summed E-state index contributed by atoms with van der Waals surface area (Å²) in [4.78, 5) is 13.2. The van der Waals surface area contributed by atoms with Crippen LogP contribution >= 0.6 is 0 Å². The van der Waals surface area contributed by atoms with Crippen LogP contribution in [0.5, 0.6) is 11.5 Å². The molecule has 0 aliphatic heterocycles. The molecule has 1 N–H and O–H groups in total. The average molecular weight is 413 g/mol. The Morgan fingerprint density at radius 1 is 1.10 bits per heavy atom. The molecule has 0 saturated carbocycles. The molecule has 1 heterocycles. The lowest BCUT2D eigenvalue weighted by Gasteiger charge is -2.09. The first kappa shape index (κ1) is 19.9. The molecular weight excluding hydrogens is 397 g/mol. The summed E-state index contributed by atoms with van der Waals surface area (Å²) in [6.07, 6.45) is 3.16. The number of halogens is 1. The highest BCUT2D eigenvalue weighted by Gasteiger charge is 2.16. The van der Waals surface area contributed by atoms with Crippen LogP contribution in [-0.2, 0) is 0 Å². The molecule has 5 nitrogen and oxygen atoms in total. The van der Waals surface area contributed by atoms with Crippen molar-refractivity contribution in [3.63, 3.8) is 0 Å². The van der Waals surface area contributed by atoms with Gasteiger partial charge in [-0.25, -0.2) is 4.39 Å². The van der Waals surface area contributed by atoms with Crippen LogP contribution in [-0.4, -0.2) is 12.2 Å². The van der Waals surface area contributed by atoms with Crippen LogP contribution in [0.1, 0.15) is 16.9 Å². The minimum Gasteiger partial charge on any atom is -0.504 e. The minimum atomic E-state index is -0.546. The molecule has 6 heteroatoms.